The summed E-state index contributed by atoms with van der Waals surface area (Å²) in [5, 5.41) is 12.6. The van der Waals surface area contributed by atoms with Crippen molar-refractivity contribution >= 4 is 17.7 Å². The van der Waals surface area contributed by atoms with Gasteiger partial charge in [0.2, 0.25) is 11.1 Å². The van der Waals surface area contributed by atoms with Crippen LogP contribution < -0.4 is 0 Å². The van der Waals surface area contributed by atoms with Crippen molar-refractivity contribution in [2.45, 2.75) is 17.7 Å². The molecule has 1 saturated heterocycles. The van der Waals surface area contributed by atoms with Crippen LogP contribution in [-0.4, -0.2) is 93.4 Å². The second kappa shape index (κ2) is 11.4. The molecule has 1 aliphatic rings. The first kappa shape index (κ1) is 23.4. The summed E-state index contributed by atoms with van der Waals surface area (Å²) >= 11 is 1.41. The highest BCUT2D eigenvalue weighted by Crippen LogP contribution is 2.29. The summed E-state index contributed by atoms with van der Waals surface area (Å²) in [6.07, 6.45) is 0. The lowest BCUT2D eigenvalue weighted by molar-refractivity contribution is -0.130. The summed E-state index contributed by atoms with van der Waals surface area (Å²) in [5.41, 5.74) is 2.56. The van der Waals surface area contributed by atoms with E-state index in [9.17, 15) is 4.79 Å². The molecule has 4 rings (SSSR count). The number of rotatable bonds is 9. The SMILES string of the molecule is CN(C)CCn1nnnc1SCC(=O)N1CCN(C(c2ccccc2)c2ccccc2)CC1. The first-order valence-corrected chi connectivity index (χ1v) is 12.3. The number of amides is 1. The molecule has 1 aromatic heterocycles. The highest BCUT2D eigenvalue weighted by Gasteiger charge is 2.28. The zero-order chi connectivity index (χ0) is 23.0. The standard InChI is InChI=1S/C24H31N7OS/c1-28(2)13-18-31-24(25-26-27-31)33-19-22(32)29-14-16-30(17-15-29)23(20-9-5-3-6-10-20)21-11-7-4-8-12-21/h3-12,23H,13-19H2,1-2H3. The van der Waals surface area contributed by atoms with Crippen LogP contribution in [0.3, 0.4) is 0 Å². The van der Waals surface area contributed by atoms with Gasteiger partial charge in [-0.3, -0.25) is 9.69 Å². The minimum Gasteiger partial charge on any atom is -0.339 e. The number of benzene rings is 2. The fraction of sp³-hybridized carbons (Fsp3) is 0.417. The van der Waals surface area contributed by atoms with Gasteiger partial charge in [-0.05, 0) is 35.6 Å². The van der Waals surface area contributed by atoms with E-state index in [-0.39, 0.29) is 11.9 Å². The molecule has 0 spiro atoms. The largest absolute Gasteiger partial charge is 0.339 e. The molecule has 1 aliphatic heterocycles. The molecular weight excluding hydrogens is 434 g/mol. The third-order valence-corrected chi connectivity index (χ3v) is 6.79. The van der Waals surface area contributed by atoms with Crippen LogP contribution in [0.4, 0.5) is 0 Å². The fourth-order valence-electron chi connectivity index (χ4n) is 4.07. The number of nitrogens with zero attached hydrogens (tertiary/aromatic N) is 7. The lowest BCUT2D eigenvalue weighted by Crippen LogP contribution is -2.50. The topological polar surface area (TPSA) is 70.4 Å². The molecule has 174 valence electrons. The Morgan fingerprint density at radius 2 is 1.58 bits per heavy atom. The third-order valence-electron chi connectivity index (χ3n) is 5.85. The van der Waals surface area contributed by atoms with E-state index < -0.39 is 0 Å². The van der Waals surface area contributed by atoms with Gasteiger partial charge in [0.25, 0.3) is 0 Å². The lowest BCUT2D eigenvalue weighted by Gasteiger charge is -2.39. The molecule has 1 fully saturated rings. The van der Waals surface area contributed by atoms with E-state index in [1.165, 1.54) is 22.9 Å². The van der Waals surface area contributed by atoms with Gasteiger partial charge in [-0.1, -0.05) is 72.4 Å². The summed E-state index contributed by atoms with van der Waals surface area (Å²) in [6.45, 7) is 4.67. The smallest absolute Gasteiger partial charge is 0.233 e. The maximum atomic E-state index is 12.9. The Morgan fingerprint density at radius 1 is 0.970 bits per heavy atom. The molecule has 9 heteroatoms. The fourth-order valence-corrected chi connectivity index (χ4v) is 4.87. The summed E-state index contributed by atoms with van der Waals surface area (Å²) < 4.78 is 1.76. The molecule has 0 aliphatic carbocycles. The van der Waals surface area contributed by atoms with Crippen molar-refractivity contribution in [3.63, 3.8) is 0 Å². The molecule has 0 saturated carbocycles. The Balaban J connectivity index is 1.34. The minimum absolute atomic E-state index is 0.137. The van der Waals surface area contributed by atoms with Crippen molar-refractivity contribution in [2.24, 2.45) is 0 Å². The van der Waals surface area contributed by atoms with Crippen molar-refractivity contribution in [3.05, 3.63) is 71.8 Å². The predicted molar refractivity (Wildman–Crippen MR) is 130 cm³/mol. The van der Waals surface area contributed by atoms with Crippen LogP contribution in [0.25, 0.3) is 0 Å². The Hall–Kier alpha value is -2.75. The second-order valence-corrected chi connectivity index (χ2v) is 9.36. The summed E-state index contributed by atoms with van der Waals surface area (Å²) in [6, 6.07) is 21.4. The van der Waals surface area contributed by atoms with Gasteiger partial charge in [0.05, 0.1) is 18.3 Å². The Bertz CT molecular complexity index is 964. The number of piperazine rings is 1. The van der Waals surface area contributed by atoms with Gasteiger partial charge in [0, 0.05) is 32.7 Å². The molecule has 33 heavy (non-hydrogen) atoms. The van der Waals surface area contributed by atoms with Gasteiger partial charge < -0.3 is 9.80 Å². The predicted octanol–water partition coefficient (Wildman–Crippen LogP) is 2.26. The quantitative estimate of drug-likeness (QED) is 0.449. The van der Waals surface area contributed by atoms with Gasteiger partial charge in [-0.15, -0.1) is 5.10 Å². The van der Waals surface area contributed by atoms with Crippen molar-refractivity contribution in [1.82, 2.24) is 34.9 Å². The van der Waals surface area contributed by atoms with E-state index >= 15 is 0 Å². The molecule has 2 aromatic carbocycles. The number of aromatic nitrogens is 4. The number of tetrazole rings is 1. The van der Waals surface area contributed by atoms with Gasteiger partial charge in [-0.2, -0.15) is 0 Å². The average Bonchev–Trinajstić information content (AvgIpc) is 3.30. The van der Waals surface area contributed by atoms with Crippen molar-refractivity contribution in [2.75, 3.05) is 52.6 Å². The second-order valence-electron chi connectivity index (χ2n) is 8.42. The summed E-state index contributed by atoms with van der Waals surface area (Å²) in [7, 11) is 4.03. The zero-order valence-corrected chi connectivity index (χ0v) is 20.1. The number of thioether (sulfide) groups is 1. The van der Waals surface area contributed by atoms with Crippen molar-refractivity contribution < 1.29 is 4.79 Å². The number of carbonyl (C=O) groups excluding carboxylic acids is 1. The van der Waals surface area contributed by atoms with Crippen LogP contribution in [0.5, 0.6) is 0 Å². The zero-order valence-electron chi connectivity index (χ0n) is 19.2. The highest BCUT2D eigenvalue weighted by atomic mass is 32.2. The van der Waals surface area contributed by atoms with E-state index in [2.05, 4.69) is 86.0 Å². The van der Waals surface area contributed by atoms with Gasteiger partial charge >= 0.3 is 0 Å². The molecule has 0 radical (unpaired) electrons. The van der Waals surface area contributed by atoms with E-state index in [0.29, 0.717) is 17.5 Å². The Labute approximate surface area is 199 Å². The molecule has 0 unspecified atom stereocenters. The lowest BCUT2D eigenvalue weighted by atomic mass is 9.96. The van der Waals surface area contributed by atoms with Gasteiger partial charge in [-0.25, -0.2) is 4.68 Å². The monoisotopic (exact) mass is 465 g/mol. The van der Waals surface area contributed by atoms with Crippen LogP contribution in [0, 0.1) is 0 Å². The van der Waals surface area contributed by atoms with Gasteiger partial charge in [0.15, 0.2) is 0 Å². The first-order chi connectivity index (χ1) is 16.1. The van der Waals surface area contributed by atoms with Crippen LogP contribution in [-0.2, 0) is 11.3 Å². The van der Waals surface area contributed by atoms with E-state index in [1.54, 1.807) is 4.68 Å². The third kappa shape index (κ3) is 6.19. The molecule has 0 atom stereocenters. The number of hydrogen-bond donors (Lipinski definition) is 0. The average molecular weight is 466 g/mol. The number of likely N-dealkylation sites (N-methyl/N-ethyl adjacent to an activating group) is 1. The van der Waals surface area contributed by atoms with E-state index in [0.717, 1.165) is 32.7 Å². The van der Waals surface area contributed by atoms with Crippen molar-refractivity contribution in [1.29, 1.82) is 0 Å². The first-order valence-electron chi connectivity index (χ1n) is 11.3. The molecule has 8 nitrogen and oxygen atoms in total. The Kier molecular flexibility index (Phi) is 8.09. The van der Waals surface area contributed by atoms with Crippen LogP contribution in [0.2, 0.25) is 0 Å². The molecule has 3 aromatic rings. The van der Waals surface area contributed by atoms with Crippen LogP contribution in [0.15, 0.2) is 65.8 Å². The number of carbonyl (C=O) groups is 1. The molecule has 0 N–H and O–H groups in total. The maximum absolute atomic E-state index is 12.9. The van der Waals surface area contributed by atoms with E-state index in [1.807, 2.05) is 19.0 Å². The normalized spacial score (nSPS) is 14.8. The summed E-state index contributed by atoms with van der Waals surface area (Å²) in [4.78, 5) is 19.4. The highest BCUT2D eigenvalue weighted by molar-refractivity contribution is 7.99. The minimum atomic E-state index is 0.137. The molecule has 1 amide bonds. The maximum Gasteiger partial charge on any atom is 0.233 e. The van der Waals surface area contributed by atoms with Crippen molar-refractivity contribution in [3.8, 4) is 0 Å². The molecule has 0 bridgehead atoms. The molecular formula is C24H31N7OS. The van der Waals surface area contributed by atoms with Gasteiger partial charge in [0.1, 0.15) is 0 Å². The summed E-state index contributed by atoms with van der Waals surface area (Å²) in [5.74, 6) is 0.487. The Morgan fingerprint density at radius 3 is 2.15 bits per heavy atom. The van der Waals surface area contributed by atoms with E-state index in [4.69, 9.17) is 0 Å². The number of hydrogen-bond acceptors (Lipinski definition) is 7. The molecule has 2 heterocycles. The van der Waals surface area contributed by atoms with Crippen LogP contribution >= 0.6 is 11.8 Å². The van der Waals surface area contributed by atoms with Crippen LogP contribution in [0.1, 0.15) is 17.2 Å².